The SMILES string of the molecule is CN(C)S(=O)(=O)c1cc(C(=O)Nc2cccc(O)c2)ccc1Cl. The molecule has 0 radical (unpaired) electrons. The molecule has 0 saturated heterocycles. The zero-order valence-corrected chi connectivity index (χ0v) is 14.0. The highest BCUT2D eigenvalue weighted by Gasteiger charge is 2.22. The van der Waals surface area contributed by atoms with E-state index in [9.17, 15) is 18.3 Å². The van der Waals surface area contributed by atoms with Crippen molar-refractivity contribution in [2.45, 2.75) is 4.90 Å². The van der Waals surface area contributed by atoms with E-state index in [-0.39, 0.29) is 21.2 Å². The Labute approximate surface area is 139 Å². The molecule has 122 valence electrons. The van der Waals surface area contributed by atoms with Crippen molar-refractivity contribution in [1.29, 1.82) is 0 Å². The van der Waals surface area contributed by atoms with Crippen molar-refractivity contribution >= 4 is 33.2 Å². The molecule has 0 aromatic heterocycles. The third-order valence-electron chi connectivity index (χ3n) is 3.06. The second kappa shape index (κ2) is 6.57. The number of carbonyl (C=O) groups excluding carboxylic acids is 1. The number of sulfonamides is 1. The summed E-state index contributed by atoms with van der Waals surface area (Å²) >= 11 is 5.94. The predicted octanol–water partition coefficient (Wildman–Crippen LogP) is 2.55. The van der Waals surface area contributed by atoms with Gasteiger partial charge in [-0.25, -0.2) is 12.7 Å². The van der Waals surface area contributed by atoms with Crippen LogP contribution in [0.25, 0.3) is 0 Å². The highest BCUT2D eigenvalue weighted by molar-refractivity contribution is 7.89. The van der Waals surface area contributed by atoms with Gasteiger partial charge in [0.1, 0.15) is 10.6 Å². The van der Waals surface area contributed by atoms with Crippen LogP contribution in [-0.2, 0) is 10.0 Å². The monoisotopic (exact) mass is 354 g/mol. The third kappa shape index (κ3) is 3.82. The summed E-state index contributed by atoms with van der Waals surface area (Å²) in [7, 11) is -1.00. The number of amides is 1. The number of halogens is 1. The van der Waals surface area contributed by atoms with Gasteiger partial charge in [0.05, 0.1) is 5.02 Å². The Kier molecular flexibility index (Phi) is 4.93. The van der Waals surface area contributed by atoms with Crippen LogP contribution in [-0.4, -0.2) is 37.8 Å². The fourth-order valence-corrected chi connectivity index (χ4v) is 3.22. The van der Waals surface area contributed by atoms with Gasteiger partial charge in [0.2, 0.25) is 10.0 Å². The number of nitrogens with zero attached hydrogens (tertiary/aromatic N) is 1. The number of hydrogen-bond donors (Lipinski definition) is 2. The zero-order valence-electron chi connectivity index (χ0n) is 12.4. The molecule has 0 aliphatic rings. The van der Waals surface area contributed by atoms with Crippen LogP contribution >= 0.6 is 11.6 Å². The van der Waals surface area contributed by atoms with Gasteiger partial charge in [-0.05, 0) is 30.3 Å². The van der Waals surface area contributed by atoms with Crippen LogP contribution < -0.4 is 5.32 Å². The Bertz CT molecular complexity index is 850. The van der Waals surface area contributed by atoms with E-state index in [1.807, 2.05) is 0 Å². The van der Waals surface area contributed by atoms with Gasteiger partial charge < -0.3 is 10.4 Å². The summed E-state index contributed by atoms with van der Waals surface area (Å²) in [5, 5.41) is 12.0. The molecule has 0 atom stereocenters. The number of benzene rings is 2. The van der Waals surface area contributed by atoms with Crippen molar-refractivity contribution < 1.29 is 18.3 Å². The minimum Gasteiger partial charge on any atom is -0.508 e. The predicted molar refractivity (Wildman–Crippen MR) is 88.4 cm³/mol. The normalized spacial score (nSPS) is 11.5. The van der Waals surface area contributed by atoms with Crippen molar-refractivity contribution in [2.75, 3.05) is 19.4 Å². The molecule has 0 heterocycles. The van der Waals surface area contributed by atoms with E-state index in [0.29, 0.717) is 5.69 Å². The van der Waals surface area contributed by atoms with Crippen LogP contribution in [0, 0.1) is 0 Å². The zero-order chi connectivity index (χ0) is 17.2. The standard InChI is InChI=1S/C15H15ClN2O4S/c1-18(2)23(21,22)14-8-10(6-7-13(14)16)15(20)17-11-4-3-5-12(19)9-11/h3-9,19H,1-2H3,(H,17,20). The quantitative estimate of drug-likeness (QED) is 0.883. The van der Waals surface area contributed by atoms with Gasteiger partial charge in [-0.1, -0.05) is 17.7 Å². The fraction of sp³-hybridized carbons (Fsp3) is 0.133. The number of nitrogens with one attached hydrogen (secondary N) is 1. The molecule has 0 bridgehead atoms. The average Bonchev–Trinajstić information content (AvgIpc) is 2.47. The maximum atomic E-state index is 12.2. The molecule has 2 aromatic rings. The van der Waals surface area contributed by atoms with E-state index in [4.69, 9.17) is 11.6 Å². The van der Waals surface area contributed by atoms with Crippen molar-refractivity contribution in [3.8, 4) is 5.75 Å². The smallest absolute Gasteiger partial charge is 0.255 e. The lowest BCUT2D eigenvalue weighted by molar-refractivity contribution is 0.102. The Balaban J connectivity index is 2.36. The Morgan fingerprint density at radius 1 is 1.17 bits per heavy atom. The molecule has 0 unspecified atom stereocenters. The highest BCUT2D eigenvalue weighted by Crippen LogP contribution is 2.25. The minimum absolute atomic E-state index is 0.00906. The van der Waals surface area contributed by atoms with Crippen molar-refractivity contribution in [3.63, 3.8) is 0 Å². The number of aromatic hydroxyl groups is 1. The lowest BCUT2D eigenvalue weighted by Crippen LogP contribution is -2.23. The van der Waals surface area contributed by atoms with E-state index < -0.39 is 15.9 Å². The van der Waals surface area contributed by atoms with Gasteiger partial charge in [0, 0.05) is 31.4 Å². The summed E-state index contributed by atoms with van der Waals surface area (Å²) in [6.07, 6.45) is 0. The third-order valence-corrected chi connectivity index (χ3v) is 5.35. The number of phenolic OH excluding ortho intramolecular Hbond substituents is 1. The topological polar surface area (TPSA) is 86.7 Å². The highest BCUT2D eigenvalue weighted by atomic mass is 35.5. The van der Waals surface area contributed by atoms with Gasteiger partial charge in [-0.15, -0.1) is 0 Å². The first-order valence-electron chi connectivity index (χ1n) is 6.54. The van der Waals surface area contributed by atoms with E-state index >= 15 is 0 Å². The summed E-state index contributed by atoms with van der Waals surface area (Å²) in [4.78, 5) is 12.1. The Morgan fingerprint density at radius 3 is 2.48 bits per heavy atom. The molecular formula is C15H15ClN2O4S. The van der Waals surface area contributed by atoms with Crippen molar-refractivity contribution in [3.05, 3.63) is 53.1 Å². The average molecular weight is 355 g/mol. The lowest BCUT2D eigenvalue weighted by atomic mass is 10.2. The number of carbonyl (C=O) groups is 1. The maximum Gasteiger partial charge on any atom is 0.255 e. The van der Waals surface area contributed by atoms with Crippen LogP contribution in [0.4, 0.5) is 5.69 Å². The molecule has 0 spiro atoms. The summed E-state index contributed by atoms with van der Waals surface area (Å²) in [6, 6.07) is 10.0. The van der Waals surface area contributed by atoms with Crippen molar-refractivity contribution in [1.82, 2.24) is 4.31 Å². The molecule has 0 saturated carbocycles. The van der Waals surface area contributed by atoms with Gasteiger partial charge in [0.15, 0.2) is 0 Å². The van der Waals surface area contributed by atoms with E-state index in [1.165, 1.54) is 44.4 Å². The van der Waals surface area contributed by atoms with Crippen LogP contribution in [0.1, 0.15) is 10.4 Å². The molecule has 2 rings (SSSR count). The van der Waals surface area contributed by atoms with E-state index in [1.54, 1.807) is 12.1 Å². The second-order valence-corrected chi connectivity index (χ2v) is 7.46. The summed E-state index contributed by atoms with van der Waals surface area (Å²) in [5.41, 5.74) is 0.528. The molecule has 23 heavy (non-hydrogen) atoms. The summed E-state index contributed by atoms with van der Waals surface area (Å²) in [6.45, 7) is 0. The van der Waals surface area contributed by atoms with Crippen LogP contribution in [0.2, 0.25) is 5.02 Å². The van der Waals surface area contributed by atoms with E-state index in [0.717, 1.165) is 4.31 Å². The molecule has 0 aliphatic heterocycles. The number of rotatable bonds is 4. The van der Waals surface area contributed by atoms with Gasteiger partial charge in [0.25, 0.3) is 5.91 Å². The van der Waals surface area contributed by atoms with Gasteiger partial charge in [-0.2, -0.15) is 0 Å². The van der Waals surface area contributed by atoms with Gasteiger partial charge >= 0.3 is 0 Å². The first-order chi connectivity index (χ1) is 10.7. The first kappa shape index (κ1) is 17.3. The molecular weight excluding hydrogens is 340 g/mol. The molecule has 6 nitrogen and oxygen atoms in total. The fourth-order valence-electron chi connectivity index (χ4n) is 1.83. The minimum atomic E-state index is -3.76. The van der Waals surface area contributed by atoms with E-state index in [2.05, 4.69) is 5.32 Å². The lowest BCUT2D eigenvalue weighted by Gasteiger charge is -2.14. The molecule has 0 aliphatic carbocycles. The molecule has 0 fully saturated rings. The largest absolute Gasteiger partial charge is 0.508 e. The Hall–Kier alpha value is -2.09. The molecule has 1 amide bonds. The summed E-state index contributed by atoms with van der Waals surface area (Å²) in [5.74, 6) is -0.503. The molecule has 8 heteroatoms. The molecule has 2 N–H and O–H groups in total. The number of phenols is 1. The Morgan fingerprint density at radius 2 is 1.87 bits per heavy atom. The van der Waals surface area contributed by atoms with Crippen LogP contribution in [0.3, 0.4) is 0 Å². The molecule has 2 aromatic carbocycles. The van der Waals surface area contributed by atoms with Crippen molar-refractivity contribution in [2.24, 2.45) is 0 Å². The first-order valence-corrected chi connectivity index (χ1v) is 8.36. The van der Waals surface area contributed by atoms with Gasteiger partial charge in [-0.3, -0.25) is 4.79 Å². The van der Waals surface area contributed by atoms with Crippen LogP contribution in [0.5, 0.6) is 5.75 Å². The second-order valence-electron chi connectivity index (χ2n) is 4.94. The number of anilines is 1. The summed E-state index contributed by atoms with van der Waals surface area (Å²) < 4.78 is 25.4. The number of hydrogen-bond acceptors (Lipinski definition) is 4. The van der Waals surface area contributed by atoms with Crippen LogP contribution in [0.15, 0.2) is 47.4 Å². The maximum absolute atomic E-state index is 12.2.